The Morgan fingerprint density at radius 1 is 0.640 bits per heavy atom. The van der Waals surface area contributed by atoms with Gasteiger partial charge in [0.05, 0.1) is 22.8 Å². The number of nitrogens with one attached hydrogen (secondary N) is 1. The van der Waals surface area contributed by atoms with Crippen molar-refractivity contribution in [1.82, 2.24) is 15.0 Å². The van der Waals surface area contributed by atoms with Crippen LogP contribution in [-0.2, 0) is 12.0 Å². The molecule has 7 aromatic carbocycles. The van der Waals surface area contributed by atoms with Gasteiger partial charge in [0.1, 0.15) is 0 Å². The van der Waals surface area contributed by atoms with E-state index in [0.29, 0.717) is 0 Å². The third kappa shape index (κ3) is 4.27. The van der Waals surface area contributed by atoms with Gasteiger partial charge in [-0.3, -0.25) is 0 Å². The molecular weight excluding hydrogens is 607 g/mol. The van der Waals surface area contributed by atoms with Crippen molar-refractivity contribution >= 4 is 38.3 Å². The van der Waals surface area contributed by atoms with Crippen molar-refractivity contribution in [2.75, 3.05) is 0 Å². The molecule has 10 rings (SSSR count). The van der Waals surface area contributed by atoms with Gasteiger partial charge >= 0.3 is 0 Å². The number of para-hydroxylation sites is 1. The summed E-state index contributed by atoms with van der Waals surface area (Å²) >= 11 is 0. The molecule has 3 heteroatoms. The number of hydrazine groups is 1. The first kappa shape index (κ1) is 29.1. The number of hydrogen-bond donors (Lipinski definition) is 1. The molecule has 1 unspecified atom stereocenters. The summed E-state index contributed by atoms with van der Waals surface area (Å²) in [5.74, 6) is 0. The molecule has 0 spiro atoms. The molecule has 0 radical (unpaired) electrons. The lowest BCUT2D eigenvalue weighted by atomic mass is 9.79. The number of fused-ring (bicyclic) bond motifs is 10. The second-order valence-corrected chi connectivity index (χ2v) is 14.3. The molecule has 1 aromatic heterocycles. The summed E-state index contributed by atoms with van der Waals surface area (Å²) in [4.78, 5) is 0. The summed E-state index contributed by atoms with van der Waals surface area (Å²) in [7, 11) is 0. The molecule has 1 N–H and O–H groups in total. The monoisotopic (exact) mass is 643 g/mol. The maximum Gasteiger partial charge on any atom is 0.0748 e. The first-order valence-electron chi connectivity index (χ1n) is 17.6. The summed E-state index contributed by atoms with van der Waals surface area (Å²) in [6.07, 6.45) is 2.38. The number of aromatic nitrogens is 1. The lowest BCUT2D eigenvalue weighted by molar-refractivity contribution is 0.196. The van der Waals surface area contributed by atoms with E-state index in [1.807, 2.05) is 0 Å². The quantitative estimate of drug-likeness (QED) is 0.201. The Labute approximate surface area is 292 Å². The van der Waals surface area contributed by atoms with Crippen LogP contribution in [0.3, 0.4) is 0 Å². The Morgan fingerprint density at radius 3 is 2.14 bits per heavy atom. The molecule has 1 aliphatic carbocycles. The van der Waals surface area contributed by atoms with Crippen LogP contribution < -0.4 is 5.43 Å². The average molecular weight is 644 g/mol. The fourth-order valence-corrected chi connectivity index (χ4v) is 8.81. The highest BCUT2D eigenvalue weighted by atomic mass is 15.5. The predicted octanol–water partition coefficient (Wildman–Crippen LogP) is 11.3. The molecule has 240 valence electrons. The third-order valence-electron chi connectivity index (χ3n) is 11.0. The van der Waals surface area contributed by atoms with Crippen LogP contribution in [0.5, 0.6) is 0 Å². The molecule has 0 saturated carbocycles. The van der Waals surface area contributed by atoms with Gasteiger partial charge in [-0.15, -0.1) is 0 Å². The third-order valence-corrected chi connectivity index (χ3v) is 11.0. The van der Waals surface area contributed by atoms with Crippen molar-refractivity contribution in [3.63, 3.8) is 0 Å². The lowest BCUT2D eigenvalue weighted by Gasteiger charge is -2.25. The van der Waals surface area contributed by atoms with Crippen molar-refractivity contribution in [1.29, 1.82) is 0 Å². The molecule has 1 aliphatic heterocycles. The smallest absolute Gasteiger partial charge is 0.0748 e. The van der Waals surface area contributed by atoms with E-state index < -0.39 is 0 Å². The van der Waals surface area contributed by atoms with Crippen LogP contribution in [0.25, 0.3) is 55.1 Å². The van der Waals surface area contributed by atoms with Crippen LogP contribution in [0.1, 0.15) is 47.7 Å². The Balaban J connectivity index is 1.19. The van der Waals surface area contributed by atoms with Crippen LogP contribution in [0.15, 0.2) is 164 Å². The fourth-order valence-electron chi connectivity index (χ4n) is 8.81. The Morgan fingerprint density at radius 2 is 1.32 bits per heavy atom. The highest BCUT2D eigenvalue weighted by molar-refractivity contribution is 6.26. The number of nitrogens with zero attached hydrogens (tertiary/aromatic N) is 2. The Bertz CT molecular complexity index is 2630. The van der Waals surface area contributed by atoms with E-state index in [1.54, 1.807) is 0 Å². The molecule has 2 heterocycles. The van der Waals surface area contributed by atoms with Crippen molar-refractivity contribution in [3.8, 4) is 16.8 Å². The van der Waals surface area contributed by atoms with Gasteiger partial charge in [0, 0.05) is 39.4 Å². The van der Waals surface area contributed by atoms with Crippen LogP contribution in [-0.4, -0.2) is 9.58 Å². The standard InChI is InChI=1S/C47H37N3/c1-47(2)39-26-13-11-24-37(39)43-44-38-25-12-14-27-41(38)50(46(44)36-23-10-9-22-35(36)45(43)47)34-21-15-20-33(28-34)40-29-42(32-18-7-4-8-19-32)49(48-40)30-31-16-5-3-6-17-31/h3-29,42,48H,30H2,1-2H3. The molecular formula is C47H37N3. The minimum Gasteiger partial charge on any atom is -0.317 e. The van der Waals surface area contributed by atoms with E-state index in [9.17, 15) is 0 Å². The number of hydrogen-bond acceptors (Lipinski definition) is 2. The van der Waals surface area contributed by atoms with Crippen LogP contribution in [0.2, 0.25) is 0 Å². The minimum absolute atomic E-state index is 0.107. The number of rotatable bonds is 5. The van der Waals surface area contributed by atoms with Crippen molar-refractivity contribution in [2.24, 2.45) is 0 Å². The largest absolute Gasteiger partial charge is 0.317 e. The van der Waals surface area contributed by atoms with E-state index in [4.69, 9.17) is 0 Å². The van der Waals surface area contributed by atoms with Crippen molar-refractivity contribution in [2.45, 2.75) is 31.8 Å². The van der Waals surface area contributed by atoms with Gasteiger partial charge in [0.15, 0.2) is 0 Å². The van der Waals surface area contributed by atoms with Crippen LogP contribution in [0.4, 0.5) is 0 Å². The van der Waals surface area contributed by atoms with Gasteiger partial charge in [-0.05, 0) is 63.0 Å². The SMILES string of the molecule is CC1(C)c2ccccc2-c2c1c1ccccc1c1c2c2ccccc2n1-c1cccc(C2=CC(c3ccccc3)N(Cc3ccccc3)N2)c1. The molecule has 0 saturated heterocycles. The highest BCUT2D eigenvalue weighted by Gasteiger charge is 2.39. The zero-order valence-corrected chi connectivity index (χ0v) is 28.3. The van der Waals surface area contributed by atoms with Gasteiger partial charge in [0.25, 0.3) is 0 Å². The van der Waals surface area contributed by atoms with Crippen molar-refractivity contribution < 1.29 is 0 Å². The molecule has 2 aliphatic rings. The summed E-state index contributed by atoms with van der Waals surface area (Å²) in [6, 6.07) is 57.7. The minimum atomic E-state index is -0.107. The zero-order valence-electron chi connectivity index (χ0n) is 28.3. The van der Waals surface area contributed by atoms with E-state index in [-0.39, 0.29) is 11.5 Å². The van der Waals surface area contributed by atoms with Gasteiger partial charge < -0.3 is 9.99 Å². The molecule has 0 fully saturated rings. The summed E-state index contributed by atoms with van der Waals surface area (Å²) in [5.41, 5.74) is 17.8. The van der Waals surface area contributed by atoms with Crippen LogP contribution >= 0.6 is 0 Å². The molecule has 8 aromatic rings. The molecule has 3 nitrogen and oxygen atoms in total. The molecule has 0 amide bonds. The van der Waals surface area contributed by atoms with Gasteiger partial charge in [0.2, 0.25) is 0 Å². The molecule has 0 bridgehead atoms. The maximum absolute atomic E-state index is 3.82. The number of benzene rings is 7. The van der Waals surface area contributed by atoms with E-state index in [1.165, 1.54) is 71.5 Å². The average Bonchev–Trinajstić information content (AvgIpc) is 3.81. The first-order valence-corrected chi connectivity index (χ1v) is 17.6. The fraction of sp³-hybridized carbons (Fsp3) is 0.106. The van der Waals surface area contributed by atoms with E-state index >= 15 is 0 Å². The lowest BCUT2D eigenvalue weighted by Crippen LogP contribution is -2.33. The summed E-state index contributed by atoms with van der Waals surface area (Å²) < 4.78 is 2.51. The molecule has 50 heavy (non-hydrogen) atoms. The van der Waals surface area contributed by atoms with Gasteiger partial charge in [-0.1, -0.05) is 153 Å². The Kier molecular flexibility index (Phi) is 6.43. The maximum atomic E-state index is 3.82. The normalized spacial score (nSPS) is 16.4. The van der Waals surface area contributed by atoms with E-state index in [0.717, 1.165) is 17.9 Å². The van der Waals surface area contributed by atoms with Gasteiger partial charge in [-0.25, -0.2) is 5.01 Å². The predicted molar refractivity (Wildman–Crippen MR) is 208 cm³/mol. The van der Waals surface area contributed by atoms with Gasteiger partial charge in [-0.2, -0.15) is 0 Å². The summed E-state index contributed by atoms with van der Waals surface area (Å²) in [5, 5.41) is 7.61. The zero-order chi connectivity index (χ0) is 33.4. The van der Waals surface area contributed by atoms with Crippen molar-refractivity contribution in [3.05, 3.63) is 192 Å². The molecule has 1 atom stereocenters. The highest BCUT2D eigenvalue weighted by Crippen LogP contribution is 2.56. The van der Waals surface area contributed by atoms with Crippen LogP contribution in [0, 0.1) is 0 Å². The second-order valence-electron chi connectivity index (χ2n) is 14.3. The summed E-state index contributed by atoms with van der Waals surface area (Å²) in [6.45, 7) is 5.58. The van der Waals surface area contributed by atoms with E-state index in [2.05, 4.69) is 193 Å². The first-order chi connectivity index (χ1) is 24.6. The topological polar surface area (TPSA) is 20.2 Å². The Hall–Kier alpha value is -5.90. The second kappa shape index (κ2) is 11.1.